The Morgan fingerprint density at radius 2 is 1.81 bits per heavy atom. The lowest BCUT2D eigenvalue weighted by Gasteiger charge is -2.32. The quantitative estimate of drug-likeness (QED) is 0.688. The normalized spacial score (nSPS) is 19.4. The third-order valence-corrected chi connectivity index (χ3v) is 6.28. The standard InChI is InChI=1S/C23H23Cl2FN2O3/c24-15-8-9-20-18(10-15)22(23(30)27-17-4-2-1-3-5-17)28(21(29)13-31-20)12-14-6-7-16(25)11-19(14)26/h6-11,17,22H,1-5,12-13H2,(H,27,30). The molecule has 1 saturated carbocycles. The summed E-state index contributed by atoms with van der Waals surface area (Å²) in [4.78, 5) is 27.8. The van der Waals surface area contributed by atoms with Gasteiger partial charge in [0.2, 0.25) is 5.91 Å². The van der Waals surface area contributed by atoms with Crippen LogP contribution in [0.5, 0.6) is 5.75 Å². The van der Waals surface area contributed by atoms with Gasteiger partial charge < -0.3 is 15.0 Å². The molecule has 0 bridgehead atoms. The maximum absolute atomic E-state index is 14.5. The van der Waals surface area contributed by atoms with E-state index in [2.05, 4.69) is 5.32 Å². The molecule has 1 atom stereocenters. The van der Waals surface area contributed by atoms with E-state index in [1.807, 2.05) is 0 Å². The number of hydrogen-bond donors (Lipinski definition) is 1. The van der Waals surface area contributed by atoms with Crippen LogP contribution in [0.25, 0.3) is 0 Å². The van der Waals surface area contributed by atoms with Crippen molar-refractivity contribution in [3.8, 4) is 5.75 Å². The zero-order valence-corrected chi connectivity index (χ0v) is 18.4. The molecule has 0 radical (unpaired) electrons. The van der Waals surface area contributed by atoms with E-state index in [9.17, 15) is 14.0 Å². The van der Waals surface area contributed by atoms with Gasteiger partial charge in [0.25, 0.3) is 5.91 Å². The largest absolute Gasteiger partial charge is 0.483 e. The minimum Gasteiger partial charge on any atom is -0.483 e. The van der Waals surface area contributed by atoms with Gasteiger partial charge in [-0.15, -0.1) is 0 Å². The monoisotopic (exact) mass is 464 g/mol. The Labute approximate surface area is 190 Å². The van der Waals surface area contributed by atoms with Gasteiger partial charge in [0, 0.05) is 33.8 Å². The number of hydrogen-bond acceptors (Lipinski definition) is 3. The van der Waals surface area contributed by atoms with Crippen molar-refractivity contribution in [3.63, 3.8) is 0 Å². The van der Waals surface area contributed by atoms with Gasteiger partial charge in [0.1, 0.15) is 17.6 Å². The van der Waals surface area contributed by atoms with E-state index in [1.54, 1.807) is 24.3 Å². The van der Waals surface area contributed by atoms with Gasteiger partial charge in [-0.2, -0.15) is 0 Å². The predicted octanol–water partition coefficient (Wildman–Crippen LogP) is 5.04. The Morgan fingerprint density at radius 1 is 1.10 bits per heavy atom. The lowest BCUT2D eigenvalue weighted by Crippen LogP contribution is -2.47. The van der Waals surface area contributed by atoms with Crippen molar-refractivity contribution >= 4 is 35.0 Å². The average Bonchev–Trinajstić information content (AvgIpc) is 2.87. The molecule has 2 aromatic carbocycles. The van der Waals surface area contributed by atoms with Crippen LogP contribution in [-0.4, -0.2) is 29.4 Å². The molecule has 1 aliphatic heterocycles. The number of carbonyl (C=O) groups excluding carboxylic acids is 2. The molecule has 2 amide bonds. The van der Waals surface area contributed by atoms with Crippen molar-refractivity contribution in [3.05, 3.63) is 63.4 Å². The number of halogens is 3. The highest BCUT2D eigenvalue weighted by molar-refractivity contribution is 6.31. The molecule has 8 heteroatoms. The fraction of sp³-hybridized carbons (Fsp3) is 0.391. The molecule has 4 rings (SSSR count). The van der Waals surface area contributed by atoms with Crippen LogP contribution in [0.15, 0.2) is 36.4 Å². The number of ether oxygens (including phenoxy) is 1. The maximum Gasteiger partial charge on any atom is 0.261 e. The minimum atomic E-state index is -0.985. The van der Waals surface area contributed by atoms with E-state index in [1.165, 1.54) is 17.0 Å². The molecule has 1 heterocycles. The maximum atomic E-state index is 14.5. The van der Waals surface area contributed by atoms with Crippen molar-refractivity contribution in [1.29, 1.82) is 0 Å². The first-order chi connectivity index (χ1) is 14.9. The Balaban J connectivity index is 1.71. The number of nitrogens with one attached hydrogen (secondary N) is 1. The Morgan fingerprint density at radius 3 is 2.55 bits per heavy atom. The Hall–Kier alpha value is -2.31. The molecule has 1 aliphatic carbocycles. The summed E-state index contributed by atoms with van der Waals surface area (Å²) in [5, 5.41) is 3.77. The molecular weight excluding hydrogens is 442 g/mol. The molecule has 164 valence electrons. The number of fused-ring (bicyclic) bond motifs is 1. The zero-order chi connectivity index (χ0) is 22.0. The molecule has 1 N–H and O–H groups in total. The highest BCUT2D eigenvalue weighted by Crippen LogP contribution is 2.36. The van der Waals surface area contributed by atoms with Gasteiger partial charge in [-0.1, -0.05) is 48.5 Å². The minimum absolute atomic E-state index is 0.0530. The van der Waals surface area contributed by atoms with Gasteiger partial charge in [-0.3, -0.25) is 9.59 Å². The zero-order valence-electron chi connectivity index (χ0n) is 16.9. The van der Waals surface area contributed by atoms with Gasteiger partial charge in [-0.25, -0.2) is 4.39 Å². The van der Waals surface area contributed by atoms with Crippen LogP contribution >= 0.6 is 23.2 Å². The van der Waals surface area contributed by atoms with Gasteiger partial charge in [0.15, 0.2) is 6.61 Å². The van der Waals surface area contributed by atoms with Crippen molar-refractivity contribution in [1.82, 2.24) is 10.2 Å². The van der Waals surface area contributed by atoms with Crippen LogP contribution in [0, 0.1) is 5.82 Å². The van der Waals surface area contributed by atoms with Gasteiger partial charge >= 0.3 is 0 Å². The Kier molecular flexibility index (Phi) is 6.68. The summed E-state index contributed by atoms with van der Waals surface area (Å²) in [7, 11) is 0. The van der Waals surface area contributed by atoms with E-state index in [0.29, 0.717) is 16.3 Å². The fourth-order valence-electron chi connectivity index (χ4n) is 4.22. The number of rotatable bonds is 4. The second kappa shape index (κ2) is 9.45. The predicted molar refractivity (Wildman–Crippen MR) is 117 cm³/mol. The van der Waals surface area contributed by atoms with Gasteiger partial charge in [-0.05, 0) is 43.2 Å². The molecule has 31 heavy (non-hydrogen) atoms. The van der Waals surface area contributed by atoms with Crippen LogP contribution in [0.3, 0.4) is 0 Å². The van der Waals surface area contributed by atoms with Crippen LogP contribution in [-0.2, 0) is 16.1 Å². The van der Waals surface area contributed by atoms with E-state index >= 15 is 0 Å². The molecule has 1 unspecified atom stereocenters. The third kappa shape index (κ3) is 4.96. The molecule has 2 aromatic rings. The van der Waals surface area contributed by atoms with Crippen LogP contribution in [0.2, 0.25) is 10.0 Å². The summed E-state index contributed by atoms with van der Waals surface area (Å²) in [5.74, 6) is -0.849. The summed E-state index contributed by atoms with van der Waals surface area (Å²) in [6.07, 6.45) is 5.07. The average molecular weight is 465 g/mol. The van der Waals surface area contributed by atoms with E-state index in [4.69, 9.17) is 27.9 Å². The first-order valence-corrected chi connectivity index (χ1v) is 11.1. The summed E-state index contributed by atoms with van der Waals surface area (Å²) in [6.45, 7) is -0.350. The highest BCUT2D eigenvalue weighted by Gasteiger charge is 2.37. The first-order valence-electron chi connectivity index (χ1n) is 10.4. The number of benzene rings is 2. The summed E-state index contributed by atoms with van der Waals surface area (Å²) < 4.78 is 20.2. The van der Waals surface area contributed by atoms with Crippen molar-refractivity contribution in [2.75, 3.05) is 6.61 Å². The van der Waals surface area contributed by atoms with Gasteiger partial charge in [0.05, 0.1) is 0 Å². The van der Waals surface area contributed by atoms with Crippen molar-refractivity contribution in [2.24, 2.45) is 0 Å². The van der Waals surface area contributed by atoms with E-state index in [-0.39, 0.29) is 35.7 Å². The number of carbonyl (C=O) groups is 2. The molecule has 5 nitrogen and oxygen atoms in total. The van der Waals surface area contributed by atoms with Crippen LogP contribution in [0.1, 0.15) is 49.3 Å². The lowest BCUT2D eigenvalue weighted by molar-refractivity contribution is -0.142. The second-order valence-electron chi connectivity index (χ2n) is 7.97. The Bertz CT molecular complexity index is 995. The molecule has 0 aromatic heterocycles. The molecule has 1 fully saturated rings. The third-order valence-electron chi connectivity index (χ3n) is 5.81. The van der Waals surface area contributed by atoms with Crippen LogP contribution < -0.4 is 10.1 Å². The smallest absolute Gasteiger partial charge is 0.261 e. The molecule has 0 saturated heterocycles. The van der Waals surface area contributed by atoms with E-state index < -0.39 is 17.8 Å². The molecular formula is C23H23Cl2FN2O3. The van der Waals surface area contributed by atoms with Crippen molar-refractivity contribution < 1.29 is 18.7 Å². The topological polar surface area (TPSA) is 58.6 Å². The number of amides is 2. The van der Waals surface area contributed by atoms with Crippen molar-refractivity contribution in [2.45, 2.75) is 50.7 Å². The van der Waals surface area contributed by atoms with E-state index in [0.717, 1.165) is 32.1 Å². The molecule has 0 spiro atoms. The lowest BCUT2D eigenvalue weighted by atomic mass is 9.94. The van der Waals surface area contributed by atoms with Crippen LogP contribution in [0.4, 0.5) is 4.39 Å². The second-order valence-corrected chi connectivity index (χ2v) is 8.85. The summed E-state index contributed by atoms with van der Waals surface area (Å²) in [5.41, 5.74) is 0.750. The SMILES string of the molecule is O=C(NC1CCCCC1)C1c2cc(Cl)ccc2OCC(=O)N1Cc1ccc(Cl)cc1F. The number of nitrogens with zero attached hydrogens (tertiary/aromatic N) is 1. The highest BCUT2D eigenvalue weighted by atomic mass is 35.5. The summed E-state index contributed by atoms with van der Waals surface area (Å²) >= 11 is 12.1. The first kappa shape index (κ1) is 21.9. The fourth-order valence-corrected chi connectivity index (χ4v) is 4.56. The molecule has 2 aliphatic rings. The summed E-state index contributed by atoms with van der Waals surface area (Å²) in [6, 6.07) is 8.27.